The first-order valence-corrected chi connectivity index (χ1v) is 6.56. The van der Waals surface area contributed by atoms with Crippen LogP contribution in [0.1, 0.15) is 5.56 Å². The number of hydrogen-bond acceptors (Lipinski definition) is 3. The fraction of sp³-hybridized carbons (Fsp3) is 0.143. The van der Waals surface area contributed by atoms with Crippen molar-refractivity contribution in [1.29, 1.82) is 0 Å². The van der Waals surface area contributed by atoms with Crippen LogP contribution in [0.25, 0.3) is 0 Å². The van der Waals surface area contributed by atoms with E-state index in [2.05, 4.69) is 26.8 Å². The summed E-state index contributed by atoms with van der Waals surface area (Å²) in [5.74, 6) is -0.141. The van der Waals surface area contributed by atoms with Crippen molar-refractivity contribution in [2.24, 2.45) is 0 Å². The van der Waals surface area contributed by atoms with E-state index in [0.29, 0.717) is 11.0 Å². The lowest BCUT2D eigenvalue weighted by Gasteiger charge is -2.12. The van der Waals surface area contributed by atoms with Gasteiger partial charge in [-0.2, -0.15) is 0 Å². The van der Waals surface area contributed by atoms with Crippen LogP contribution in [0, 0.1) is 5.82 Å². The molecule has 2 aromatic carbocycles. The van der Waals surface area contributed by atoms with E-state index in [0.717, 1.165) is 11.3 Å². The van der Waals surface area contributed by atoms with Gasteiger partial charge >= 0.3 is 0 Å². The van der Waals surface area contributed by atoms with Gasteiger partial charge in [-0.25, -0.2) is 9.82 Å². The SMILES string of the molecule is COc1c(CNNc2ccccc2)ccc(Br)c1F. The van der Waals surface area contributed by atoms with Gasteiger partial charge in [0, 0.05) is 17.8 Å². The third-order valence-corrected chi connectivity index (χ3v) is 3.23. The Kier molecular flexibility index (Phi) is 4.76. The maximum atomic E-state index is 13.8. The van der Waals surface area contributed by atoms with Gasteiger partial charge in [0.1, 0.15) is 0 Å². The topological polar surface area (TPSA) is 33.3 Å². The molecule has 0 radical (unpaired) electrons. The molecule has 0 unspecified atom stereocenters. The lowest BCUT2D eigenvalue weighted by Crippen LogP contribution is -2.21. The number of halogens is 2. The summed E-state index contributed by atoms with van der Waals surface area (Å²) in [4.78, 5) is 0. The molecule has 19 heavy (non-hydrogen) atoms. The highest BCUT2D eigenvalue weighted by atomic mass is 79.9. The highest BCUT2D eigenvalue weighted by molar-refractivity contribution is 9.10. The fourth-order valence-electron chi connectivity index (χ4n) is 1.69. The summed E-state index contributed by atoms with van der Waals surface area (Å²) in [6, 6.07) is 13.2. The van der Waals surface area contributed by atoms with E-state index in [1.165, 1.54) is 7.11 Å². The van der Waals surface area contributed by atoms with E-state index >= 15 is 0 Å². The minimum atomic E-state index is -0.387. The van der Waals surface area contributed by atoms with Crippen LogP contribution < -0.4 is 15.6 Å². The number of hydrazine groups is 1. The summed E-state index contributed by atoms with van der Waals surface area (Å²) in [7, 11) is 1.46. The van der Waals surface area contributed by atoms with Gasteiger partial charge < -0.3 is 10.2 Å². The third-order valence-electron chi connectivity index (χ3n) is 2.62. The van der Waals surface area contributed by atoms with E-state index < -0.39 is 0 Å². The number of ether oxygens (including phenoxy) is 1. The summed E-state index contributed by atoms with van der Waals surface area (Å²) in [6.45, 7) is 0.447. The molecular formula is C14H14BrFN2O. The first-order chi connectivity index (χ1) is 9.22. The van der Waals surface area contributed by atoms with E-state index in [1.54, 1.807) is 6.07 Å². The lowest BCUT2D eigenvalue weighted by molar-refractivity contribution is 0.379. The van der Waals surface area contributed by atoms with Gasteiger partial charge in [-0.15, -0.1) is 0 Å². The van der Waals surface area contributed by atoms with Gasteiger partial charge in [-0.1, -0.05) is 24.3 Å². The Labute approximate surface area is 119 Å². The van der Waals surface area contributed by atoms with Crippen molar-refractivity contribution in [1.82, 2.24) is 5.43 Å². The fourth-order valence-corrected chi connectivity index (χ4v) is 2.01. The Hall–Kier alpha value is -1.59. The molecule has 3 nitrogen and oxygen atoms in total. The minimum Gasteiger partial charge on any atom is -0.493 e. The summed E-state index contributed by atoms with van der Waals surface area (Å²) in [5, 5.41) is 0. The molecule has 0 aromatic heterocycles. The molecule has 2 rings (SSSR count). The number of para-hydroxylation sites is 1. The lowest BCUT2D eigenvalue weighted by atomic mass is 10.2. The standard InChI is InChI=1S/C14H14BrFN2O/c1-19-14-10(7-8-12(15)13(14)16)9-17-18-11-5-3-2-4-6-11/h2-8,17-18H,9H2,1H3. The van der Waals surface area contributed by atoms with E-state index in [4.69, 9.17) is 4.74 Å². The number of hydrogen-bond donors (Lipinski definition) is 2. The largest absolute Gasteiger partial charge is 0.493 e. The number of benzene rings is 2. The van der Waals surface area contributed by atoms with Crippen LogP contribution >= 0.6 is 15.9 Å². The Balaban J connectivity index is 2.02. The second-order valence-corrected chi connectivity index (χ2v) is 4.75. The molecule has 0 saturated heterocycles. The molecule has 5 heteroatoms. The predicted octanol–water partition coefficient (Wildman–Crippen LogP) is 3.71. The Morgan fingerprint density at radius 3 is 2.58 bits per heavy atom. The maximum absolute atomic E-state index is 13.8. The molecule has 0 atom stereocenters. The highest BCUT2D eigenvalue weighted by Gasteiger charge is 2.12. The third kappa shape index (κ3) is 3.45. The van der Waals surface area contributed by atoms with Crippen LogP contribution in [0.15, 0.2) is 46.9 Å². The van der Waals surface area contributed by atoms with Crippen molar-refractivity contribution in [3.63, 3.8) is 0 Å². The Bertz CT molecular complexity index is 549. The van der Waals surface area contributed by atoms with Crippen LogP contribution in [0.5, 0.6) is 5.75 Å². The number of nitrogens with one attached hydrogen (secondary N) is 2. The maximum Gasteiger partial charge on any atom is 0.179 e. The van der Waals surface area contributed by atoms with Crippen LogP contribution in [0.4, 0.5) is 10.1 Å². The van der Waals surface area contributed by atoms with Crippen LogP contribution in [-0.2, 0) is 6.54 Å². The molecule has 0 amide bonds. The molecule has 2 N–H and O–H groups in total. The van der Waals surface area contributed by atoms with Gasteiger partial charge in [0.15, 0.2) is 11.6 Å². The van der Waals surface area contributed by atoms with Crippen molar-refractivity contribution in [3.05, 3.63) is 58.3 Å². The van der Waals surface area contributed by atoms with Crippen LogP contribution in [0.3, 0.4) is 0 Å². The smallest absolute Gasteiger partial charge is 0.179 e. The molecule has 0 aliphatic rings. The zero-order chi connectivity index (χ0) is 13.7. The quantitative estimate of drug-likeness (QED) is 0.822. The average molecular weight is 325 g/mol. The summed E-state index contributed by atoms with van der Waals surface area (Å²) in [6.07, 6.45) is 0. The zero-order valence-corrected chi connectivity index (χ0v) is 12.0. The van der Waals surface area contributed by atoms with E-state index in [-0.39, 0.29) is 11.6 Å². The summed E-state index contributed by atoms with van der Waals surface area (Å²) < 4.78 is 19.3. The first-order valence-electron chi connectivity index (χ1n) is 5.77. The molecule has 0 bridgehead atoms. The van der Waals surface area contributed by atoms with Crippen LogP contribution in [-0.4, -0.2) is 7.11 Å². The Morgan fingerprint density at radius 1 is 1.16 bits per heavy atom. The molecule has 0 aliphatic heterocycles. The van der Waals surface area contributed by atoms with Crippen molar-refractivity contribution in [2.75, 3.05) is 12.5 Å². The second-order valence-electron chi connectivity index (χ2n) is 3.90. The van der Waals surface area contributed by atoms with Crippen molar-refractivity contribution in [2.45, 2.75) is 6.54 Å². The predicted molar refractivity (Wildman–Crippen MR) is 77.6 cm³/mol. The molecule has 0 heterocycles. The number of methoxy groups -OCH3 is 1. The number of anilines is 1. The minimum absolute atomic E-state index is 0.247. The molecule has 100 valence electrons. The summed E-state index contributed by atoms with van der Waals surface area (Å²) >= 11 is 3.13. The van der Waals surface area contributed by atoms with Gasteiger partial charge in [-0.3, -0.25) is 0 Å². The second kappa shape index (κ2) is 6.54. The van der Waals surface area contributed by atoms with E-state index in [1.807, 2.05) is 36.4 Å². The van der Waals surface area contributed by atoms with Crippen molar-refractivity contribution >= 4 is 21.6 Å². The Morgan fingerprint density at radius 2 is 1.89 bits per heavy atom. The molecule has 2 aromatic rings. The van der Waals surface area contributed by atoms with Crippen molar-refractivity contribution < 1.29 is 9.13 Å². The molecule has 0 saturated carbocycles. The van der Waals surface area contributed by atoms with Crippen molar-refractivity contribution in [3.8, 4) is 5.75 Å². The first kappa shape index (κ1) is 13.8. The highest BCUT2D eigenvalue weighted by Crippen LogP contribution is 2.28. The molecule has 0 fully saturated rings. The van der Waals surface area contributed by atoms with Gasteiger partial charge in [0.2, 0.25) is 0 Å². The van der Waals surface area contributed by atoms with E-state index in [9.17, 15) is 4.39 Å². The molecule has 0 aliphatic carbocycles. The summed E-state index contributed by atoms with van der Waals surface area (Å²) in [5.41, 5.74) is 7.75. The van der Waals surface area contributed by atoms with Crippen LogP contribution in [0.2, 0.25) is 0 Å². The molecular weight excluding hydrogens is 311 g/mol. The normalized spacial score (nSPS) is 10.3. The van der Waals surface area contributed by atoms with Gasteiger partial charge in [0.25, 0.3) is 0 Å². The monoisotopic (exact) mass is 324 g/mol. The van der Waals surface area contributed by atoms with Gasteiger partial charge in [0.05, 0.1) is 11.6 Å². The average Bonchev–Trinajstić information content (AvgIpc) is 2.44. The van der Waals surface area contributed by atoms with Gasteiger partial charge in [-0.05, 0) is 34.1 Å². The molecule has 0 spiro atoms. The zero-order valence-electron chi connectivity index (χ0n) is 10.4. The number of rotatable bonds is 5.